The molecular formula is C48H32N2O. The Bertz CT molecular complexity index is 2730. The highest BCUT2D eigenvalue weighted by Gasteiger charge is 2.26. The highest BCUT2D eigenvalue weighted by molar-refractivity contribution is 6.12. The van der Waals surface area contributed by atoms with E-state index in [1.807, 2.05) is 0 Å². The van der Waals surface area contributed by atoms with Crippen molar-refractivity contribution in [2.24, 2.45) is 0 Å². The summed E-state index contributed by atoms with van der Waals surface area (Å²) in [6, 6.07) is 69.0. The van der Waals surface area contributed by atoms with E-state index in [-0.39, 0.29) is 0 Å². The Morgan fingerprint density at radius 3 is 1.51 bits per heavy atom. The van der Waals surface area contributed by atoms with Gasteiger partial charge in [0.2, 0.25) is 0 Å². The number of nitrogens with zero attached hydrogens (tertiary/aromatic N) is 2. The Kier molecular flexibility index (Phi) is 6.81. The molecule has 3 heteroatoms. The number of fused-ring (bicyclic) bond motifs is 4. The van der Waals surface area contributed by atoms with Gasteiger partial charge in [0.15, 0.2) is 0 Å². The Labute approximate surface area is 296 Å². The van der Waals surface area contributed by atoms with Crippen molar-refractivity contribution in [3.8, 4) is 22.6 Å². The normalized spacial score (nSPS) is 11.7. The Hall–Kier alpha value is -6.84. The molecule has 1 aliphatic heterocycles. The van der Waals surface area contributed by atoms with Crippen molar-refractivity contribution in [3.05, 3.63) is 194 Å². The zero-order chi connectivity index (χ0) is 33.7. The minimum absolute atomic E-state index is 0.843. The molecule has 0 saturated heterocycles. The van der Waals surface area contributed by atoms with E-state index in [1.165, 1.54) is 27.1 Å². The van der Waals surface area contributed by atoms with Gasteiger partial charge in [-0.2, -0.15) is 0 Å². The van der Waals surface area contributed by atoms with Crippen molar-refractivity contribution in [1.82, 2.24) is 0 Å². The summed E-state index contributed by atoms with van der Waals surface area (Å²) in [7, 11) is 0. The van der Waals surface area contributed by atoms with Crippen LogP contribution in [0, 0.1) is 0 Å². The minimum atomic E-state index is 0.843. The van der Waals surface area contributed by atoms with Crippen LogP contribution in [0.3, 0.4) is 0 Å². The van der Waals surface area contributed by atoms with Gasteiger partial charge in [0.1, 0.15) is 11.5 Å². The molecule has 0 amide bonds. The summed E-state index contributed by atoms with van der Waals surface area (Å²) in [4.78, 5) is 4.71. The van der Waals surface area contributed by atoms with Crippen molar-refractivity contribution in [3.63, 3.8) is 0 Å². The molecule has 0 atom stereocenters. The lowest BCUT2D eigenvalue weighted by Gasteiger charge is -2.31. The van der Waals surface area contributed by atoms with Gasteiger partial charge in [-0.25, -0.2) is 0 Å². The third-order valence-corrected chi connectivity index (χ3v) is 10.00. The number of anilines is 6. The van der Waals surface area contributed by atoms with E-state index in [9.17, 15) is 0 Å². The molecule has 0 aliphatic carbocycles. The van der Waals surface area contributed by atoms with E-state index in [0.717, 1.165) is 62.0 Å². The molecule has 0 unspecified atom stereocenters. The van der Waals surface area contributed by atoms with Crippen LogP contribution in [0.25, 0.3) is 43.4 Å². The molecule has 0 radical (unpaired) electrons. The largest absolute Gasteiger partial charge is 0.456 e. The SMILES string of the molecule is c1ccc(N(c2ccc3c(c2)Oc2cccc4c(N(c5ccccc5)c5cccc6ccccc56)ccc-3c24)c2cccc3ccccc23)cc1. The lowest BCUT2D eigenvalue weighted by atomic mass is 9.92. The Morgan fingerprint density at radius 1 is 0.314 bits per heavy atom. The molecule has 1 aliphatic rings. The summed E-state index contributed by atoms with van der Waals surface area (Å²) in [5.41, 5.74) is 8.84. The van der Waals surface area contributed by atoms with Gasteiger partial charge in [-0.1, -0.05) is 127 Å². The monoisotopic (exact) mass is 652 g/mol. The summed E-state index contributed by atoms with van der Waals surface area (Å²) in [6.45, 7) is 0. The molecule has 240 valence electrons. The van der Waals surface area contributed by atoms with E-state index in [0.29, 0.717) is 0 Å². The van der Waals surface area contributed by atoms with E-state index >= 15 is 0 Å². The lowest BCUT2D eigenvalue weighted by Crippen LogP contribution is -2.12. The first-order valence-electron chi connectivity index (χ1n) is 17.4. The lowest BCUT2D eigenvalue weighted by molar-refractivity contribution is 0.487. The minimum Gasteiger partial charge on any atom is -0.456 e. The van der Waals surface area contributed by atoms with Gasteiger partial charge in [0.05, 0.1) is 17.1 Å². The van der Waals surface area contributed by atoms with Crippen LogP contribution in [0.5, 0.6) is 11.5 Å². The predicted molar refractivity (Wildman–Crippen MR) is 214 cm³/mol. The van der Waals surface area contributed by atoms with Gasteiger partial charge < -0.3 is 14.5 Å². The second-order valence-corrected chi connectivity index (χ2v) is 12.9. The molecule has 1 heterocycles. The number of hydrogen-bond donors (Lipinski definition) is 0. The van der Waals surface area contributed by atoms with Gasteiger partial charge in [0, 0.05) is 50.2 Å². The first-order chi connectivity index (χ1) is 25.3. The second-order valence-electron chi connectivity index (χ2n) is 12.9. The van der Waals surface area contributed by atoms with Crippen molar-refractivity contribution in [2.45, 2.75) is 0 Å². The number of para-hydroxylation sites is 2. The zero-order valence-corrected chi connectivity index (χ0v) is 27.8. The molecule has 0 spiro atoms. The van der Waals surface area contributed by atoms with E-state index in [2.05, 4.69) is 204 Å². The summed E-state index contributed by atoms with van der Waals surface area (Å²) in [5, 5.41) is 7.06. The third-order valence-electron chi connectivity index (χ3n) is 10.00. The molecule has 0 saturated carbocycles. The van der Waals surface area contributed by atoms with Crippen molar-refractivity contribution in [2.75, 3.05) is 9.80 Å². The maximum Gasteiger partial charge on any atom is 0.137 e. The highest BCUT2D eigenvalue weighted by Crippen LogP contribution is 2.52. The highest BCUT2D eigenvalue weighted by atomic mass is 16.5. The molecule has 51 heavy (non-hydrogen) atoms. The summed E-state index contributed by atoms with van der Waals surface area (Å²) < 4.78 is 6.87. The number of benzene rings is 9. The first-order valence-corrected chi connectivity index (χ1v) is 17.4. The average molecular weight is 653 g/mol. The summed E-state index contributed by atoms with van der Waals surface area (Å²) in [5.74, 6) is 1.70. The van der Waals surface area contributed by atoms with Crippen molar-refractivity contribution >= 4 is 66.4 Å². The van der Waals surface area contributed by atoms with Crippen molar-refractivity contribution < 1.29 is 4.74 Å². The predicted octanol–water partition coefficient (Wildman–Crippen LogP) is 13.9. The fraction of sp³-hybridized carbons (Fsp3) is 0. The molecular weight excluding hydrogens is 621 g/mol. The van der Waals surface area contributed by atoms with Crippen LogP contribution >= 0.6 is 0 Å². The van der Waals surface area contributed by atoms with Crippen LogP contribution < -0.4 is 14.5 Å². The van der Waals surface area contributed by atoms with Gasteiger partial charge >= 0.3 is 0 Å². The maximum absolute atomic E-state index is 6.87. The van der Waals surface area contributed by atoms with Crippen LogP contribution in [0.4, 0.5) is 34.1 Å². The second kappa shape index (κ2) is 11.9. The van der Waals surface area contributed by atoms with Crippen LogP contribution in [-0.2, 0) is 0 Å². The van der Waals surface area contributed by atoms with E-state index < -0.39 is 0 Å². The van der Waals surface area contributed by atoms with Crippen LogP contribution in [-0.4, -0.2) is 0 Å². The van der Waals surface area contributed by atoms with Gasteiger partial charge in [-0.05, 0) is 77.0 Å². The molecule has 3 nitrogen and oxygen atoms in total. The van der Waals surface area contributed by atoms with Crippen LogP contribution in [0.1, 0.15) is 0 Å². The molecule has 10 rings (SSSR count). The number of rotatable bonds is 6. The quantitative estimate of drug-likeness (QED) is 0.178. The Balaban J connectivity index is 1.15. The van der Waals surface area contributed by atoms with Crippen LogP contribution in [0.2, 0.25) is 0 Å². The fourth-order valence-corrected chi connectivity index (χ4v) is 7.73. The smallest absolute Gasteiger partial charge is 0.137 e. The van der Waals surface area contributed by atoms with Crippen LogP contribution in [0.15, 0.2) is 194 Å². The molecule has 0 N–H and O–H groups in total. The molecule has 0 aromatic heterocycles. The molecule has 0 fully saturated rings. The maximum atomic E-state index is 6.87. The first kappa shape index (κ1) is 29.1. The average Bonchev–Trinajstić information content (AvgIpc) is 3.20. The molecule has 9 aromatic rings. The number of ether oxygens (including phenoxy) is 1. The molecule has 0 bridgehead atoms. The van der Waals surface area contributed by atoms with E-state index in [4.69, 9.17) is 4.74 Å². The van der Waals surface area contributed by atoms with Gasteiger partial charge in [-0.3, -0.25) is 0 Å². The zero-order valence-electron chi connectivity index (χ0n) is 27.8. The Morgan fingerprint density at radius 2 is 0.824 bits per heavy atom. The van der Waals surface area contributed by atoms with E-state index in [1.54, 1.807) is 0 Å². The summed E-state index contributed by atoms with van der Waals surface area (Å²) in [6.07, 6.45) is 0. The third kappa shape index (κ3) is 4.82. The standard InChI is InChI=1S/C48H32N2O/c1-3-18-35(19-4-1)49(43-25-11-16-33-14-7-9-22-38(33)43)37-28-29-40-41-30-31-45(42-24-13-27-46(48(41)42)51-47(40)32-37)50(36-20-5-2-6-21-36)44-26-12-17-34-15-8-10-23-39(34)44/h1-32H. The topological polar surface area (TPSA) is 15.7 Å². The molecule has 9 aromatic carbocycles. The van der Waals surface area contributed by atoms with Crippen molar-refractivity contribution in [1.29, 1.82) is 0 Å². The number of hydrogen-bond acceptors (Lipinski definition) is 3. The summed E-state index contributed by atoms with van der Waals surface area (Å²) >= 11 is 0. The van der Waals surface area contributed by atoms with Gasteiger partial charge in [-0.15, -0.1) is 0 Å². The fourth-order valence-electron chi connectivity index (χ4n) is 7.73. The van der Waals surface area contributed by atoms with Gasteiger partial charge in [0.25, 0.3) is 0 Å².